The molecule has 36 heavy (non-hydrogen) atoms. The lowest BCUT2D eigenvalue weighted by atomic mass is 10.1. The summed E-state index contributed by atoms with van der Waals surface area (Å²) in [6.45, 7) is 3.48. The van der Waals surface area contributed by atoms with Crippen molar-refractivity contribution in [2.45, 2.75) is 33.1 Å². The number of anilines is 2. The molecule has 3 aromatic carbocycles. The maximum Gasteiger partial charge on any atom is 0.306 e. The van der Waals surface area contributed by atoms with Crippen LogP contribution in [0.15, 0.2) is 69.6 Å². The Hall–Kier alpha value is -3.17. The molecule has 3 rings (SSSR count). The summed E-state index contributed by atoms with van der Waals surface area (Å²) in [5.74, 6) is 0.179. The van der Waals surface area contributed by atoms with E-state index < -0.39 is 11.9 Å². The Morgan fingerprint density at radius 2 is 1.31 bits per heavy atom. The summed E-state index contributed by atoms with van der Waals surface area (Å²) in [4.78, 5) is 36.2. The molecule has 2 amide bonds. The summed E-state index contributed by atoms with van der Waals surface area (Å²) >= 11 is 6.86. The van der Waals surface area contributed by atoms with E-state index in [0.717, 1.165) is 20.1 Å². The van der Waals surface area contributed by atoms with Crippen molar-refractivity contribution in [3.05, 3.63) is 80.7 Å². The fourth-order valence-electron chi connectivity index (χ4n) is 3.30. The molecule has 0 aromatic heterocycles. The van der Waals surface area contributed by atoms with Crippen LogP contribution < -0.4 is 15.4 Å². The number of hydrogen-bond acceptors (Lipinski definition) is 5. The Morgan fingerprint density at radius 3 is 1.92 bits per heavy atom. The van der Waals surface area contributed by atoms with Crippen molar-refractivity contribution < 1.29 is 23.9 Å². The van der Waals surface area contributed by atoms with Gasteiger partial charge < -0.3 is 20.1 Å². The average Bonchev–Trinajstić information content (AvgIpc) is 2.84. The van der Waals surface area contributed by atoms with E-state index >= 15 is 0 Å². The summed E-state index contributed by atoms with van der Waals surface area (Å²) < 4.78 is 12.7. The number of halogens is 2. The van der Waals surface area contributed by atoms with Gasteiger partial charge in [0.2, 0.25) is 5.91 Å². The van der Waals surface area contributed by atoms with Crippen LogP contribution in [0.2, 0.25) is 0 Å². The van der Waals surface area contributed by atoms with Gasteiger partial charge in [-0.1, -0.05) is 31.9 Å². The topological polar surface area (TPSA) is 93.7 Å². The van der Waals surface area contributed by atoms with Crippen LogP contribution in [0.4, 0.5) is 11.4 Å². The van der Waals surface area contributed by atoms with Crippen molar-refractivity contribution in [1.29, 1.82) is 0 Å². The first-order chi connectivity index (χ1) is 17.2. The molecule has 2 N–H and O–H groups in total. The first kappa shape index (κ1) is 27.4. The minimum absolute atomic E-state index is 0.0389. The zero-order chi connectivity index (χ0) is 26.1. The molecule has 0 bridgehead atoms. The molecule has 188 valence electrons. The molecule has 0 fully saturated rings. The normalized spacial score (nSPS) is 10.4. The monoisotopic (exact) mass is 616 g/mol. The molecule has 9 heteroatoms. The van der Waals surface area contributed by atoms with E-state index in [4.69, 9.17) is 9.47 Å². The van der Waals surface area contributed by atoms with Gasteiger partial charge in [0.15, 0.2) is 6.61 Å². The van der Waals surface area contributed by atoms with E-state index in [1.54, 1.807) is 24.3 Å². The lowest BCUT2D eigenvalue weighted by molar-refractivity contribution is -0.147. The van der Waals surface area contributed by atoms with Crippen LogP contribution in [0, 0.1) is 13.8 Å². The number of hydrogen-bond donors (Lipinski definition) is 2. The van der Waals surface area contributed by atoms with Crippen molar-refractivity contribution in [2.75, 3.05) is 17.2 Å². The van der Waals surface area contributed by atoms with Gasteiger partial charge in [0.1, 0.15) is 11.5 Å². The van der Waals surface area contributed by atoms with Gasteiger partial charge in [0.25, 0.3) is 5.91 Å². The number of nitrogens with one attached hydrogen (secondary N) is 2. The lowest BCUT2D eigenvalue weighted by Crippen LogP contribution is -2.21. The average molecular weight is 618 g/mol. The first-order valence-electron chi connectivity index (χ1n) is 11.2. The Balaban J connectivity index is 1.34. The second-order valence-corrected chi connectivity index (χ2v) is 9.82. The Bertz CT molecular complexity index is 1200. The molecule has 0 aliphatic heterocycles. The largest absolute Gasteiger partial charge is 0.457 e. The molecule has 0 unspecified atom stereocenters. The van der Waals surface area contributed by atoms with Gasteiger partial charge in [-0.15, -0.1) is 0 Å². The van der Waals surface area contributed by atoms with Crippen LogP contribution in [0.25, 0.3) is 0 Å². The summed E-state index contributed by atoms with van der Waals surface area (Å²) in [7, 11) is 0. The Kier molecular flexibility index (Phi) is 10.1. The Morgan fingerprint density at radius 1 is 0.750 bits per heavy atom. The summed E-state index contributed by atoms with van der Waals surface area (Å²) in [5, 5.41) is 5.50. The number of carbonyl (C=O) groups is 3. The third-order valence-electron chi connectivity index (χ3n) is 5.06. The van der Waals surface area contributed by atoms with Crippen LogP contribution >= 0.6 is 31.9 Å². The number of esters is 1. The van der Waals surface area contributed by atoms with Gasteiger partial charge >= 0.3 is 5.97 Å². The second-order valence-electron chi connectivity index (χ2n) is 8.11. The predicted octanol–water partition coefficient (Wildman–Crippen LogP) is 6.91. The van der Waals surface area contributed by atoms with Crippen molar-refractivity contribution in [1.82, 2.24) is 0 Å². The third kappa shape index (κ3) is 8.80. The van der Waals surface area contributed by atoms with Crippen LogP contribution in [-0.2, 0) is 19.1 Å². The first-order valence-corrected chi connectivity index (χ1v) is 12.8. The second kappa shape index (κ2) is 13.2. The molecule has 0 aliphatic carbocycles. The van der Waals surface area contributed by atoms with Gasteiger partial charge in [-0.05, 0) is 92.1 Å². The van der Waals surface area contributed by atoms with E-state index in [2.05, 4.69) is 42.5 Å². The molecule has 0 heterocycles. The highest BCUT2D eigenvalue weighted by Gasteiger charge is 2.11. The molecule has 0 saturated carbocycles. The zero-order valence-electron chi connectivity index (χ0n) is 19.9. The fraction of sp³-hybridized carbons (Fsp3) is 0.222. The number of aryl methyl sites for hydroxylation is 2. The number of carbonyl (C=O) groups excluding carboxylic acids is 3. The SMILES string of the molecule is Cc1cc(NC(=O)COC(=O)CCCC(=O)Nc2ccc(Oc3ccc(Br)cc3)cc2)cc(C)c1Br. The minimum atomic E-state index is -0.532. The quantitative estimate of drug-likeness (QED) is 0.241. The van der Waals surface area contributed by atoms with Crippen molar-refractivity contribution in [2.24, 2.45) is 0 Å². The molecular formula is C27H26Br2N2O5. The number of ether oxygens (including phenoxy) is 2. The third-order valence-corrected chi connectivity index (χ3v) is 6.84. The molecule has 0 spiro atoms. The van der Waals surface area contributed by atoms with Crippen LogP contribution in [0.3, 0.4) is 0 Å². The van der Waals surface area contributed by atoms with Crippen molar-refractivity contribution in [3.63, 3.8) is 0 Å². The highest BCUT2D eigenvalue weighted by molar-refractivity contribution is 9.10. The summed E-state index contributed by atoms with van der Waals surface area (Å²) in [6, 6.07) is 18.1. The Labute approximate surface area is 226 Å². The molecular weight excluding hydrogens is 592 g/mol. The molecule has 0 aliphatic rings. The zero-order valence-corrected chi connectivity index (χ0v) is 23.1. The molecule has 7 nitrogen and oxygen atoms in total. The van der Waals surface area contributed by atoms with Crippen molar-refractivity contribution in [3.8, 4) is 11.5 Å². The van der Waals surface area contributed by atoms with Gasteiger partial charge in [-0.2, -0.15) is 0 Å². The molecule has 0 radical (unpaired) electrons. The number of benzene rings is 3. The van der Waals surface area contributed by atoms with E-state index in [0.29, 0.717) is 29.3 Å². The maximum atomic E-state index is 12.2. The van der Waals surface area contributed by atoms with Crippen LogP contribution in [0.5, 0.6) is 11.5 Å². The highest BCUT2D eigenvalue weighted by Crippen LogP contribution is 2.26. The number of rotatable bonds is 10. The van der Waals surface area contributed by atoms with Crippen molar-refractivity contribution >= 4 is 61.0 Å². The highest BCUT2D eigenvalue weighted by atomic mass is 79.9. The van der Waals surface area contributed by atoms with E-state index in [1.165, 1.54) is 0 Å². The van der Waals surface area contributed by atoms with Gasteiger partial charge in [0, 0.05) is 33.2 Å². The number of amides is 2. The van der Waals surface area contributed by atoms with E-state index in [1.807, 2.05) is 50.2 Å². The predicted molar refractivity (Wildman–Crippen MR) is 146 cm³/mol. The van der Waals surface area contributed by atoms with Gasteiger partial charge in [-0.3, -0.25) is 14.4 Å². The maximum absolute atomic E-state index is 12.2. The van der Waals surface area contributed by atoms with Crippen LogP contribution in [-0.4, -0.2) is 24.4 Å². The van der Waals surface area contributed by atoms with E-state index in [9.17, 15) is 14.4 Å². The fourth-order valence-corrected chi connectivity index (χ4v) is 3.79. The van der Waals surface area contributed by atoms with E-state index in [-0.39, 0.29) is 25.4 Å². The smallest absolute Gasteiger partial charge is 0.306 e. The molecule has 0 atom stereocenters. The minimum Gasteiger partial charge on any atom is -0.457 e. The lowest BCUT2D eigenvalue weighted by Gasteiger charge is -2.10. The summed E-state index contributed by atoms with van der Waals surface area (Å²) in [5.41, 5.74) is 3.25. The van der Waals surface area contributed by atoms with Crippen LogP contribution in [0.1, 0.15) is 30.4 Å². The standard InChI is InChI=1S/C27H26Br2N2O5/c1-17-14-21(15-18(2)27(17)29)31-25(33)16-35-26(34)5-3-4-24(32)30-20-8-12-23(13-9-20)36-22-10-6-19(28)7-11-22/h6-15H,3-5,16H2,1-2H3,(H,30,32)(H,31,33). The summed E-state index contributed by atoms with van der Waals surface area (Å²) in [6.07, 6.45) is 0.495. The molecule has 3 aromatic rings. The van der Waals surface area contributed by atoms with Gasteiger partial charge in [-0.25, -0.2) is 0 Å². The van der Waals surface area contributed by atoms with Gasteiger partial charge in [0.05, 0.1) is 0 Å². The molecule has 0 saturated heterocycles.